The van der Waals surface area contributed by atoms with Crippen LogP contribution in [0.4, 0.5) is 19.3 Å². The monoisotopic (exact) mass is 188 g/mol. The van der Waals surface area contributed by atoms with Crippen molar-refractivity contribution in [2.24, 2.45) is 5.84 Å². The minimum Gasteiger partial charge on any atom is -0.464 e. The maximum absolute atomic E-state index is 12.8. The summed E-state index contributed by atoms with van der Waals surface area (Å²) in [5.74, 6) is 2.85. The molecule has 0 atom stereocenters. The minimum atomic E-state index is -1.64. The molecule has 1 rings (SSSR count). The number of anilines is 1. The Morgan fingerprint density at radius 2 is 1.85 bits per heavy atom. The maximum atomic E-state index is 12.8. The Labute approximate surface area is 72.2 Å². The molecule has 0 unspecified atom stereocenters. The van der Waals surface area contributed by atoms with E-state index in [1.54, 1.807) is 0 Å². The predicted octanol–water partition coefficient (Wildman–Crippen LogP) is 1.32. The van der Waals surface area contributed by atoms with Gasteiger partial charge < -0.3 is 5.11 Å². The van der Waals surface area contributed by atoms with E-state index in [0.717, 1.165) is 18.2 Å². The van der Waals surface area contributed by atoms with Crippen LogP contribution in [-0.2, 0) is 0 Å². The van der Waals surface area contributed by atoms with Gasteiger partial charge in [-0.25, -0.2) is 24.4 Å². The molecule has 0 saturated heterocycles. The second-order valence-corrected chi connectivity index (χ2v) is 2.22. The summed E-state index contributed by atoms with van der Waals surface area (Å²) in [5, 5.41) is 8.34. The lowest BCUT2D eigenvalue weighted by molar-refractivity contribution is 0.201. The summed E-state index contributed by atoms with van der Waals surface area (Å²) in [6.07, 6.45) is -1.64. The van der Waals surface area contributed by atoms with Gasteiger partial charge >= 0.3 is 6.09 Å². The average molecular weight is 188 g/mol. The number of halogens is 2. The quantitative estimate of drug-likeness (QED) is 0.397. The number of hydrogen-bond acceptors (Lipinski definition) is 2. The Bertz CT molecular complexity index is 323. The number of rotatable bonds is 1. The second-order valence-electron chi connectivity index (χ2n) is 2.22. The van der Waals surface area contributed by atoms with E-state index in [0.29, 0.717) is 0 Å². The molecule has 0 bridgehead atoms. The fraction of sp³-hybridized carbons (Fsp3) is 0. The summed E-state index contributed by atoms with van der Waals surface area (Å²) >= 11 is 0. The third kappa shape index (κ3) is 1.73. The lowest BCUT2D eigenvalue weighted by Crippen LogP contribution is -2.37. The molecule has 0 spiro atoms. The first kappa shape index (κ1) is 9.40. The van der Waals surface area contributed by atoms with Crippen LogP contribution in [0.25, 0.3) is 0 Å². The van der Waals surface area contributed by atoms with Gasteiger partial charge in [0.1, 0.15) is 5.69 Å². The molecule has 6 heteroatoms. The van der Waals surface area contributed by atoms with Gasteiger partial charge in [-0.05, 0) is 12.1 Å². The van der Waals surface area contributed by atoms with Crippen LogP contribution in [0.2, 0.25) is 0 Å². The van der Waals surface area contributed by atoms with E-state index in [9.17, 15) is 13.6 Å². The molecule has 0 fully saturated rings. The molecule has 0 heterocycles. The molecule has 3 N–H and O–H groups in total. The molecule has 1 amide bonds. The van der Waals surface area contributed by atoms with Gasteiger partial charge in [0.15, 0.2) is 11.6 Å². The van der Waals surface area contributed by atoms with E-state index in [4.69, 9.17) is 10.9 Å². The largest absolute Gasteiger partial charge is 0.464 e. The Balaban J connectivity index is 3.20. The van der Waals surface area contributed by atoms with Gasteiger partial charge in [0, 0.05) is 0 Å². The molecule has 0 saturated carbocycles. The predicted molar refractivity (Wildman–Crippen MR) is 41.0 cm³/mol. The Kier molecular flexibility index (Phi) is 2.43. The van der Waals surface area contributed by atoms with E-state index in [1.165, 1.54) is 0 Å². The van der Waals surface area contributed by atoms with Crippen molar-refractivity contribution >= 4 is 11.8 Å². The highest BCUT2D eigenvalue weighted by molar-refractivity contribution is 5.84. The van der Waals surface area contributed by atoms with Gasteiger partial charge in [-0.1, -0.05) is 6.07 Å². The summed E-state index contributed by atoms with van der Waals surface area (Å²) in [6.45, 7) is 0. The summed E-state index contributed by atoms with van der Waals surface area (Å²) < 4.78 is 25.7. The summed E-state index contributed by atoms with van der Waals surface area (Å²) in [6, 6.07) is 2.95. The van der Waals surface area contributed by atoms with Crippen molar-refractivity contribution in [3.63, 3.8) is 0 Å². The van der Waals surface area contributed by atoms with Crippen LogP contribution in [-0.4, -0.2) is 11.2 Å². The third-order valence-electron chi connectivity index (χ3n) is 1.38. The molecule has 0 aromatic heterocycles. The van der Waals surface area contributed by atoms with E-state index in [-0.39, 0.29) is 5.01 Å². The zero-order chi connectivity index (χ0) is 10.0. The van der Waals surface area contributed by atoms with E-state index < -0.39 is 23.4 Å². The van der Waals surface area contributed by atoms with Crippen LogP contribution >= 0.6 is 0 Å². The van der Waals surface area contributed by atoms with Crippen molar-refractivity contribution in [1.29, 1.82) is 0 Å². The highest BCUT2D eigenvalue weighted by Gasteiger charge is 2.18. The van der Waals surface area contributed by atoms with Gasteiger partial charge in [-0.2, -0.15) is 0 Å². The first-order valence-electron chi connectivity index (χ1n) is 3.26. The molecule has 70 valence electrons. The fourth-order valence-electron chi connectivity index (χ4n) is 0.815. The molecule has 1 aromatic carbocycles. The zero-order valence-electron chi connectivity index (χ0n) is 6.37. The maximum Gasteiger partial charge on any atom is 0.426 e. The summed E-state index contributed by atoms with van der Waals surface area (Å²) in [4.78, 5) is 10.3. The lowest BCUT2D eigenvalue weighted by Gasteiger charge is -2.13. The standard InChI is InChI=1S/C7H6F2N2O2/c8-4-2-1-3-5(9)6(4)11(10)7(12)13/h1-3H,10H2,(H,12,13). The summed E-state index contributed by atoms with van der Waals surface area (Å²) in [7, 11) is 0. The number of nitrogens with two attached hydrogens (primary N) is 1. The topological polar surface area (TPSA) is 66.6 Å². The Hall–Kier alpha value is -1.69. The Morgan fingerprint density at radius 1 is 1.38 bits per heavy atom. The molecule has 0 aliphatic carbocycles. The van der Waals surface area contributed by atoms with Gasteiger partial charge in [0.05, 0.1) is 0 Å². The van der Waals surface area contributed by atoms with Gasteiger partial charge in [0.25, 0.3) is 0 Å². The molecule has 13 heavy (non-hydrogen) atoms. The van der Waals surface area contributed by atoms with E-state index >= 15 is 0 Å². The van der Waals surface area contributed by atoms with Crippen molar-refractivity contribution in [1.82, 2.24) is 0 Å². The number of nitrogens with zero attached hydrogens (tertiary/aromatic N) is 1. The van der Waals surface area contributed by atoms with Crippen LogP contribution in [0.1, 0.15) is 0 Å². The molecule has 1 aromatic rings. The molecular weight excluding hydrogens is 182 g/mol. The number of benzene rings is 1. The van der Waals surface area contributed by atoms with Crippen molar-refractivity contribution in [3.05, 3.63) is 29.8 Å². The lowest BCUT2D eigenvalue weighted by atomic mass is 10.3. The highest BCUT2D eigenvalue weighted by Crippen LogP contribution is 2.20. The number of hydrazine groups is 1. The number of para-hydroxylation sites is 1. The zero-order valence-corrected chi connectivity index (χ0v) is 6.37. The molecule has 0 radical (unpaired) electrons. The minimum absolute atomic E-state index is 0.00926. The van der Waals surface area contributed by atoms with Gasteiger partial charge in [0.2, 0.25) is 0 Å². The van der Waals surface area contributed by atoms with Crippen LogP contribution in [0.15, 0.2) is 18.2 Å². The van der Waals surface area contributed by atoms with Crippen LogP contribution in [0.3, 0.4) is 0 Å². The van der Waals surface area contributed by atoms with Crippen LogP contribution in [0.5, 0.6) is 0 Å². The fourth-order valence-corrected chi connectivity index (χ4v) is 0.815. The third-order valence-corrected chi connectivity index (χ3v) is 1.38. The van der Waals surface area contributed by atoms with Crippen molar-refractivity contribution in [3.8, 4) is 0 Å². The van der Waals surface area contributed by atoms with Crippen molar-refractivity contribution in [2.45, 2.75) is 0 Å². The van der Waals surface area contributed by atoms with Gasteiger partial charge in [-0.15, -0.1) is 0 Å². The second kappa shape index (κ2) is 3.36. The highest BCUT2D eigenvalue weighted by atomic mass is 19.1. The van der Waals surface area contributed by atoms with Gasteiger partial charge in [-0.3, -0.25) is 0 Å². The van der Waals surface area contributed by atoms with Crippen LogP contribution in [0, 0.1) is 11.6 Å². The van der Waals surface area contributed by atoms with E-state index in [1.807, 2.05) is 0 Å². The molecule has 0 aliphatic rings. The average Bonchev–Trinajstić information content (AvgIpc) is 2.03. The first-order valence-corrected chi connectivity index (χ1v) is 3.26. The SMILES string of the molecule is NN(C(=O)O)c1c(F)cccc1F. The van der Waals surface area contributed by atoms with Crippen molar-refractivity contribution in [2.75, 3.05) is 5.01 Å². The smallest absolute Gasteiger partial charge is 0.426 e. The Morgan fingerprint density at radius 3 is 2.23 bits per heavy atom. The molecular formula is C7H6F2N2O2. The van der Waals surface area contributed by atoms with Crippen LogP contribution < -0.4 is 10.9 Å². The van der Waals surface area contributed by atoms with Crippen molar-refractivity contribution < 1.29 is 18.7 Å². The van der Waals surface area contributed by atoms with E-state index in [2.05, 4.69) is 0 Å². The molecule has 0 aliphatic heterocycles. The molecule has 4 nitrogen and oxygen atoms in total. The number of amides is 1. The summed E-state index contributed by atoms with van der Waals surface area (Å²) in [5.41, 5.74) is -0.782. The number of hydrogen-bond donors (Lipinski definition) is 2. The normalized spacial score (nSPS) is 9.77. The number of carboxylic acid groups (broad SMARTS) is 1. The number of carbonyl (C=O) groups is 1. The first-order chi connectivity index (χ1) is 6.04.